The van der Waals surface area contributed by atoms with Crippen LogP contribution in [-0.2, 0) is 9.59 Å². The molecule has 3 amide bonds. The first-order valence-corrected chi connectivity index (χ1v) is 7.16. The minimum atomic E-state index is -1.01. The van der Waals surface area contributed by atoms with E-state index < -0.39 is 36.2 Å². The van der Waals surface area contributed by atoms with Gasteiger partial charge < -0.3 is 10.0 Å². The highest BCUT2D eigenvalue weighted by molar-refractivity contribution is 6.22. The van der Waals surface area contributed by atoms with Gasteiger partial charge in [0.15, 0.2) is 0 Å². The van der Waals surface area contributed by atoms with Gasteiger partial charge in [-0.1, -0.05) is 18.6 Å². The van der Waals surface area contributed by atoms with Crippen molar-refractivity contribution < 1.29 is 24.3 Å². The molecule has 7 nitrogen and oxygen atoms in total. The highest BCUT2D eigenvalue weighted by Crippen LogP contribution is 2.23. The molecule has 0 bridgehead atoms. The molecule has 1 aromatic carbocycles. The Morgan fingerprint density at radius 1 is 1.22 bits per heavy atom. The van der Waals surface area contributed by atoms with E-state index in [1.54, 1.807) is 18.2 Å². The second kappa shape index (κ2) is 6.20. The van der Waals surface area contributed by atoms with Crippen molar-refractivity contribution in [2.75, 3.05) is 20.1 Å². The minimum Gasteiger partial charge on any atom is -0.481 e. The van der Waals surface area contributed by atoms with E-state index in [0.29, 0.717) is 5.56 Å². The molecule has 1 unspecified atom stereocenters. The zero-order valence-corrected chi connectivity index (χ0v) is 13.2. The molecule has 7 heteroatoms. The number of amides is 3. The number of rotatable bonds is 5. The monoisotopic (exact) mass is 318 g/mol. The Kier molecular flexibility index (Phi) is 4.49. The van der Waals surface area contributed by atoms with Crippen LogP contribution in [0.15, 0.2) is 18.2 Å². The third-order valence-corrected chi connectivity index (χ3v) is 3.81. The van der Waals surface area contributed by atoms with Gasteiger partial charge in [0.25, 0.3) is 11.8 Å². The zero-order valence-electron chi connectivity index (χ0n) is 13.2. The molecule has 23 heavy (non-hydrogen) atoms. The summed E-state index contributed by atoms with van der Waals surface area (Å²) in [5.74, 6) is -3.22. The number of carbonyl (C=O) groups excluding carboxylic acids is 3. The Labute approximate surface area is 133 Å². The maximum Gasteiger partial charge on any atom is 0.308 e. The molecule has 0 radical (unpaired) electrons. The molecule has 0 aromatic heterocycles. The fourth-order valence-corrected chi connectivity index (χ4v) is 2.39. The number of carboxylic acid groups (broad SMARTS) is 1. The molecule has 0 saturated carbocycles. The van der Waals surface area contributed by atoms with Crippen molar-refractivity contribution in [3.63, 3.8) is 0 Å². The molecular formula is C16H18N2O5. The topological polar surface area (TPSA) is 95.0 Å². The van der Waals surface area contributed by atoms with Gasteiger partial charge >= 0.3 is 5.97 Å². The molecule has 0 aliphatic carbocycles. The number of aryl methyl sites for hydroxylation is 1. The number of carbonyl (C=O) groups is 4. The number of carboxylic acids is 1. The Morgan fingerprint density at radius 2 is 1.83 bits per heavy atom. The van der Waals surface area contributed by atoms with Crippen molar-refractivity contribution in [2.24, 2.45) is 5.92 Å². The van der Waals surface area contributed by atoms with E-state index in [-0.39, 0.29) is 12.1 Å². The van der Waals surface area contributed by atoms with Gasteiger partial charge in [-0.15, -0.1) is 0 Å². The quantitative estimate of drug-likeness (QED) is 0.809. The van der Waals surface area contributed by atoms with E-state index in [1.807, 2.05) is 6.92 Å². The molecule has 0 spiro atoms. The smallest absolute Gasteiger partial charge is 0.308 e. The van der Waals surface area contributed by atoms with E-state index in [9.17, 15) is 19.2 Å². The van der Waals surface area contributed by atoms with Crippen molar-refractivity contribution in [1.82, 2.24) is 9.80 Å². The largest absolute Gasteiger partial charge is 0.481 e. The third-order valence-electron chi connectivity index (χ3n) is 3.81. The van der Waals surface area contributed by atoms with E-state index in [4.69, 9.17) is 5.11 Å². The lowest BCUT2D eigenvalue weighted by molar-refractivity contribution is -0.142. The molecule has 0 fully saturated rings. The van der Waals surface area contributed by atoms with Crippen LogP contribution in [0.1, 0.15) is 33.2 Å². The second-order valence-electron chi connectivity index (χ2n) is 5.76. The lowest BCUT2D eigenvalue weighted by Crippen LogP contribution is -2.43. The highest BCUT2D eigenvalue weighted by atomic mass is 16.4. The Hall–Kier alpha value is -2.70. The molecule has 2 rings (SSSR count). The average Bonchev–Trinajstić information content (AvgIpc) is 2.71. The summed E-state index contributed by atoms with van der Waals surface area (Å²) in [5, 5.41) is 8.87. The predicted octanol–water partition coefficient (Wildman–Crippen LogP) is 0.770. The molecule has 122 valence electrons. The van der Waals surface area contributed by atoms with Gasteiger partial charge in [-0.2, -0.15) is 0 Å². The molecule has 1 atom stereocenters. The van der Waals surface area contributed by atoms with Crippen LogP contribution < -0.4 is 0 Å². The van der Waals surface area contributed by atoms with Crippen LogP contribution in [0.4, 0.5) is 0 Å². The summed E-state index contributed by atoms with van der Waals surface area (Å²) in [6, 6.07) is 4.93. The van der Waals surface area contributed by atoms with Crippen molar-refractivity contribution in [2.45, 2.75) is 13.8 Å². The van der Waals surface area contributed by atoms with Crippen molar-refractivity contribution in [3.8, 4) is 0 Å². The van der Waals surface area contributed by atoms with Gasteiger partial charge in [0.05, 0.1) is 17.0 Å². The minimum absolute atomic E-state index is 0.0104. The Bertz CT molecular complexity index is 698. The number of likely N-dealkylation sites (N-methyl/N-ethyl adjacent to an activating group) is 1. The first-order valence-electron chi connectivity index (χ1n) is 7.16. The van der Waals surface area contributed by atoms with Crippen LogP contribution in [0, 0.1) is 12.8 Å². The number of hydrogen-bond donors (Lipinski definition) is 1. The molecule has 1 N–H and O–H groups in total. The normalized spacial score (nSPS) is 14.7. The first-order chi connectivity index (χ1) is 10.7. The molecule has 1 aliphatic heterocycles. The summed E-state index contributed by atoms with van der Waals surface area (Å²) in [6.45, 7) is 2.91. The Morgan fingerprint density at radius 3 is 2.43 bits per heavy atom. The number of aliphatic carboxylic acids is 1. The standard InChI is InChI=1S/C16H18N2O5/c1-9-4-5-11-12(6-9)15(21)18(14(11)20)8-13(19)17(3)7-10(2)16(22)23/h4-6,10H,7-8H2,1-3H3,(H,22,23). The van der Waals surface area contributed by atoms with Crippen LogP contribution in [0.2, 0.25) is 0 Å². The van der Waals surface area contributed by atoms with Crippen molar-refractivity contribution >= 4 is 23.7 Å². The summed E-state index contributed by atoms with van der Waals surface area (Å²) < 4.78 is 0. The van der Waals surface area contributed by atoms with E-state index >= 15 is 0 Å². The Balaban J connectivity index is 2.09. The predicted molar refractivity (Wildman–Crippen MR) is 81.0 cm³/mol. The molecule has 1 heterocycles. The van der Waals surface area contributed by atoms with Gasteiger partial charge in [-0.05, 0) is 19.1 Å². The third kappa shape index (κ3) is 3.23. The van der Waals surface area contributed by atoms with Gasteiger partial charge in [0, 0.05) is 13.6 Å². The zero-order chi connectivity index (χ0) is 17.3. The maximum atomic E-state index is 12.3. The van der Waals surface area contributed by atoms with Crippen LogP contribution in [0.25, 0.3) is 0 Å². The SMILES string of the molecule is Cc1ccc2c(c1)C(=O)N(CC(=O)N(C)CC(C)C(=O)O)C2=O. The maximum absolute atomic E-state index is 12.3. The van der Waals surface area contributed by atoms with Gasteiger partial charge in [-0.3, -0.25) is 24.1 Å². The van der Waals surface area contributed by atoms with Crippen LogP contribution in [0.3, 0.4) is 0 Å². The fraction of sp³-hybridized carbons (Fsp3) is 0.375. The lowest BCUT2D eigenvalue weighted by atomic mass is 10.1. The van der Waals surface area contributed by atoms with Crippen molar-refractivity contribution in [3.05, 3.63) is 34.9 Å². The highest BCUT2D eigenvalue weighted by Gasteiger charge is 2.37. The number of imide groups is 1. The van der Waals surface area contributed by atoms with Gasteiger partial charge in [-0.25, -0.2) is 0 Å². The summed E-state index contributed by atoms with van der Waals surface area (Å²) in [6.07, 6.45) is 0. The lowest BCUT2D eigenvalue weighted by Gasteiger charge is -2.22. The van der Waals surface area contributed by atoms with E-state index in [1.165, 1.54) is 18.9 Å². The average molecular weight is 318 g/mol. The summed E-state index contributed by atoms with van der Waals surface area (Å²) in [5.41, 5.74) is 1.43. The van der Waals surface area contributed by atoms with Crippen LogP contribution in [-0.4, -0.2) is 58.7 Å². The number of hydrogen-bond acceptors (Lipinski definition) is 4. The molecular weight excluding hydrogens is 300 g/mol. The summed E-state index contributed by atoms with van der Waals surface area (Å²) in [7, 11) is 1.45. The number of fused-ring (bicyclic) bond motifs is 1. The van der Waals surface area contributed by atoms with Gasteiger partial charge in [0.1, 0.15) is 6.54 Å². The molecule has 1 aliphatic rings. The van der Waals surface area contributed by atoms with Gasteiger partial charge in [0.2, 0.25) is 5.91 Å². The second-order valence-corrected chi connectivity index (χ2v) is 5.76. The fourth-order valence-electron chi connectivity index (χ4n) is 2.39. The van der Waals surface area contributed by atoms with Crippen molar-refractivity contribution in [1.29, 1.82) is 0 Å². The molecule has 0 saturated heterocycles. The van der Waals surface area contributed by atoms with E-state index in [0.717, 1.165) is 10.5 Å². The number of nitrogens with zero attached hydrogens (tertiary/aromatic N) is 2. The van der Waals surface area contributed by atoms with Crippen LogP contribution >= 0.6 is 0 Å². The van der Waals surface area contributed by atoms with E-state index in [2.05, 4.69) is 0 Å². The van der Waals surface area contributed by atoms with Crippen LogP contribution in [0.5, 0.6) is 0 Å². The summed E-state index contributed by atoms with van der Waals surface area (Å²) in [4.78, 5) is 49.6. The first kappa shape index (κ1) is 16.7. The molecule has 1 aromatic rings. The summed E-state index contributed by atoms with van der Waals surface area (Å²) >= 11 is 0. The number of benzene rings is 1.